The quantitative estimate of drug-likeness (QED) is 0.912. The van der Waals surface area contributed by atoms with Crippen LogP contribution in [0.4, 0.5) is 0 Å². The molecule has 0 bridgehead atoms. The van der Waals surface area contributed by atoms with Crippen LogP contribution in [0.3, 0.4) is 0 Å². The molecule has 110 valence electrons. The average molecular weight is 275 g/mol. The fraction of sp³-hybridized carbons (Fsp3) is 0.647. The van der Waals surface area contributed by atoms with Crippen LogP contribution in [0.2, 0.25) is 0 Å². The Morgan fingerprint density at radius 2 is 1.95 bits per heavy atom. The Hall–Kier alpha value is -1.22. The first kappa shape index (κ1) is 13.7. The zero-order valence-corrected chi connectivity index (χ0v) is 12.6. The van der Waals surface area contributed by atoms with Crippen molar-refractivity contribution in [1.29, 1.82) is 0 Å². The highest BCUT2D eigenvalue weighted by Crippen LogP contribution is 2.43. The SMILES string of the molecule is CCC1(CC)CCN(C2COc3cc(O)ccc32)CC1. The van der Waals surface area contributed by atoms with E-state index in [4.69, 9.17) is 4.74 Å². The molecule has 2 heterocycles. The minimum absolute atomic E-state index is 0.291. The normalized spacial score (nSPS) is 25.2. The van der Waals surface area contributed by atoms with Gasteiger partial charge in [-0.05, 0) is 43.5 Å². The number of likely N-dealkylation sites (tertiary alicyclic amines) is 1. The lowest BCUT2D eigenvalue weighted by molar-refractivity contribution is 0.0580. The van der Waals surface area contributed by atoms with Crippen LogP contribution in [0, 0.1) is 5.41 Å². The van der Waals surface area contributed by atoms with Crippen molar-refractivity contribution in [1.82, 2.24) is 4.90 Å². The van der Waals surface area contributed by atoms with Gasteiger partial charge in [0.1, 0.15) is 18.1 Å². The number of ether oxygens (including phenoxy) is 1. The van der Waals surface area contributed by atoms with E-state index in [1.807, 2.05) is 6.07 Å². The Bertz CT molecular complexity index is 472. The Kier molecular flexibility index (Phi) is 3.63. The lowest BCUT2D eigenvalue weighted by Gasteiger charge is -2.42. The fourth-order valence-corrected chi connectivity index (χ4v) is 3.75. The number of aromatic hydroxyl groups is 1. The van der Waals surface area contributed by atoms with E-state index in [2.05, 4.69) is 18.7 Å². The third kappa shape index (κ3) is 2.28. The number of piperidine rings is 1. The van der Waals surface area contributed by atoms with Gasteiger partial charge in [0.25, 0.3) is 0 Å². The van der Waals surface area contributed by atoms with Crippen LogP contribution in [0.25, 0.3) is 0 Å². The second-order valence-electron chi connectivity index (χ2n) is 6.29. The summed E-state index contributed by atoms with van der Waals surface area (Å²) in [5.74, 6) is 1.15. The van der Waals surface area contributed by atoms with Crippen molar-refractivity contribution in [3.8, 4) is 11.5 Å². The first-order chi connectivity index (χ1) is 9.67. The molecule has 0 spiro atoms. The Morgan fingerprint density at radius 3 is 2.60 bits per heavy atom. The van der Waals surface area contributed by atoms with Gasteiger partial charge >= 0.3 is 0 Å². The van der Waals surface area contributed by atoms with Gasteiger partial charge in [-0.3, -0.25) is 4.90 Å². The molecule has 2 aliphatic rings. The van der Waals surface area contributed by atoms with Crippen LogP contribution < -0.4 is 4.74 Å². The topological polar surface area (TPSA) is 32.7 Å². The molecule has 1 saturated heterocycles. The van der Waals surface area contributed by atoms with Crippen molar-refractivity contribution < 1.29 is 9.84 Å². The fourth-order valence-electron chi connectivity index (χ4n) is 3.75. The van der Waals surface area contributed by atoms with Crippen molar-refractivity contribution in [2.24, 2.45) is 5.41 Å². The maximum Gasteiger partial charge on any atom is 0.127 e. The number of phenolic OH excluding ortho intramolecular Hbond substituents is 1. The largest absolute Gasteiger partial charge is 0.508 e. The van der Waals surface area contributed by atoms with E-state index in [1.165, 1.54) is 31.2 Å². The average Bonchev–Trinajstić information content (AvgIpc) is 2.90. The summed E-state index contributed by atoms with van der Waals surface area (Å²) in [6, 6.07) is 5.90. The number of fused-ring (bicyclic) bond motifs is 1. The number of benzene rings is 1. The van der Waals surface area contributed by atoms with E-state index in [0.717, 1.165) is 25.4 Å². The molecule has 3 rings (SSSR count). The summed E-state index contributed by atoms with van der Waals surface area (Å²) in [4.78, 5) is 2.56. The molecule has 1 aromatic rings. The highest BCUT2D eigenvalue weighted by atomic mass is 16.5. The highest BCUT2D eigenvalue weighted by Gasteiger charge is 2.36. The second kappa shape index (κ2) is 5.28. The summed E-state index contributed by atoms with van der Waals surface area (Å²) >= 11 is 0. The van der Waals surface area contributed by atoms with Crippen molar-refractivity contribution >= 4 is 0 Å². The first-order valence-corrected chi connectivity index (χ1v) is 7.87. The van der Waals surface area contributed by atoms with E-state index >= 15 is 0 Å². The van der Waals surface area contributed by atoms with Crippen LogP contribution in [0.15, 0.2) is 18.2 Å². The molecule has 1 unspecified atom stereocenters. The van der Waals surface area contributed by atoms with Gasteiger partial charge in [-0.25, -0.2) is 0 Å². The molecule has 3 heteroatoms. The van der Waals surface area contributed by atoms with Crippen LogP contribution in [-0.4, -0.2) is 29.7 Å². The predicted octanol–water partition coefficient (Wildman–Crippen LogP) is 3.73. The predicted molar refractivity (Wildman–Crippen MR) is 80.2 cm³/mol. The van der Waals surface area contributed by atoms with E-state index in [1.54, 1.807) is 12.1 Å². The third-order valence-electron chi connectivity index (χ3n) is 5.55. The van der Waals surface area contributed by atoms with Gasteiger partial charge in [-0.15, -0.1) is 0 Å². The first-order valence-electron chi connectivity index (χ1n) is 7.87. The zero-order valence-electron chi connectivity index (χ0n) is 12.6. The van der Waals surface area contributed by atoms with Crippen molar-refractivity contribution in [3.63, 3.8) is 0 Å². The second-order valence-corrected chi connectivity index (χ2v) is 6.29. The summed E-state index contributed by atoms with van der Waals surface area (Å²) in [5, 5.41) is 9.53. The zero-order chi connectivity index (χ0) is 14.2. The van der Waals surface area contributed by atoms with Crippen LogP contribution >= 0.6 is 0 Å². The monoisotopic (exact) mass is 275 g/mol. The lowest BCUT2D eigenvalue weighted by atomic mass is 9.74. The molecule has 1 aromatic carbocycles. The van der Waals surface area contributed by atoms with Crippen molar-refractivity contribution in [2.45, 2.75) is 45.6 Å². The Balaban J connectivity index is 1.72. The molecular weight excluding hydrogens is 250 g/mol. The number of nitrogens with zero attached hydrogens (tertiary/aromatic N) is 1. The van der Waals surface area contributed by atoms with E-state index < -0.39 is 0 Å². The minimum atomic E-state index is 0.291. The van der Waals surface area contributed by atoms with Crippen LogP contribution in [-0.2, 0) is 0 Å². The standard InChI is InChI=1S/C17H25NO2/c1-3-17(4-2)7-9-18(10-8-17)15-12-20-16-11-13(19)5-6-14(15)16/h5-6,11,15,19H,3-4,7-10,12H2,1-2H3. The molecule has 0 saturated carbocycles. The van der Waals surface area contributed by atoms with Gasteiger partial charge in [0, 0.05) is 11.6 Å². The van der Waals surface area contributed by atoms with Gasteiger partial charge in [0.2, 0.25) is 0 Å². The molecule has 3 nitrogen and oxygen atoms in total. The summed E-state index contributed by atoms with van der Waals surface area (Å²) in [6.45, 7) is 7.71. The van der Waals surface area contributed by atoms with Crippen LogP contribution in [0.1, 0.15) is 51.1 Å². The molecule has 0 aromatic heterocycles. The molecule has 0 radical (unpaired) electrons. The number of rotatable bonds is 3. The number of hydrogen-bond donors (Lipinski definition) is 1. The lowest BCUT2D eigenvalue weighted by Crippen LogP contribution is -2.42. The van der Waals surface area contributed by atoms with Crippen molar-refractivity contribution in [3.05, 3.63) is 23.8 Å². The third-order valence-corrected chi connectivity index (χ3v) is 5.55. The van der Waals surface area contributed by atoms with E-state index in [0.29, 0.717) is 17.2 Å². The summed E-state index contributed by atoms with van der Waals surface area (Å²) in [6.07, 6.45) is 5.18. The summed E-state index contributed by atoms with van der Waals surface area (Å²) in [7, 11) is 0. The number of phenols is 1. The Morgan fingerprint density at radius 1 is 1.25 bits per heavy atom. The summed E-state index contributed by atoms with van der Waals surface area (Å²) < 4.78 is 5.75. The molecule has 1 atom stereocenters. The summed E-state index contributed by atoms with van der Waals surface area (Å²) in [5.41, 5.74) is 1.80. The van der Waals surface area contributed by atoms with Crippen LogP contribution in [0.5, 0.6) is 11.5 Å². The molecule has 0 amide bonds. The smallest absolute Gasteiger partial charge is 0.127 e. The molecular formula is C17H25NO2. The van der Waals surface area contributed by atoms with E-state index in [-0.39, 0.29) is 0 Å². The maximum absolute atomic E-state index is 9.53. The van der Waals surface area contributed by atoms with Gasteiger partial charge in [0.15, 0.2) is 0 Å². The molecule has 20 heavy (non-hydrogen) atoms. The molecule has 2 aliphatic heterocycles. The van der Waals surface area contributed by atoms with Gasteiger partial charge in [-0.2, -0.15) is 0 Å². The van der Waals surface area contributed by atoms with Gasteiger partial charge in [-0.1, -0.05) is 26.7 Å². The maximum atomic E-state index is 9.53. The van der Waals surface area contributed by atoms with E-state index in [9.17, 15) is 5.11 Å². The highest BCUT2D eigenvalue weighted by molar-refractivity contribution is 5.44. The molecule has 0 aliphatic carbocycles. The van der Waals surface area contributed by atoms with Gasteiger partial charge in [0.05, 0.1) is 6.04 Å². The van der Waals surface area contributed by atoms with Crippen molar-refractivity contribution in [2.75, 3.05) is 19.7 Å². The molecule has 1 N–H and O–H groups in total. The van der Waals surface area contributed by atoms with Gasteiger partial charge < -0.3 is 9.84 Å². The Labute approximate surface area is 121 Å². The molecule has 1 fully saturated rings. The minimum Gasteiger partial charge on any atom is -0.508 e. The number of hydrogen-bond acceptors (Lipinski definition) is 3.